The zero-order chi connectivity index (χ0) is 17.8. The Morgan fingerprint density at radius 3 is 2.40 bits per heavy atom. The van der Waals surface area contributed by atoms with E-state index < -0.39 is 0 Å². The van der Waals surface area contributed by atoms with Crippen LogP contribution in [0.15, 0.2) is 54.6 Å². The summed E-state index contributed by atoms with van der Waals surface area (Å²) in [5.74, 6) is 0.219. The van der Waals surface area contributed by atoms with Crippen LogP contribution in [0.4, 0.5) is 4.39 Å². The molecular weight excluding hydrogens is 313 g/mol. The van der Waals surface area contributed by atoms with Crippen LogP contribution >= 0.6 is 0 Å². The largest absolute Gasteiger partial charge is 0.312 e. The molecule has 0 saturated heterocycles. The minimum atomic E-state index is -0.234. The smallest absolute Gasteiger partial charge is 0.123 e. The lowest BCUT2D eigenvalue weighted by molar-refractivity contribution is 0.612. The third-order valence-electron chi connectivity index (χ3n) is 4.63. The number of halogens is 1. The second kappa shape index (κ2) is 7.62. The van der Waals surface area contributed by atoms with E-state index in [1.54, 1.807) is 12.1 Å². The molecular formula is C21H24FN3. The van der Waals surface area contributed by atoms with Gasteiger partial charge >= 0.3 is 0 Å². The Kier molecular flexibility index (Phi) is 5.29. The van der Waals surface area contributed by atoms with Gasteiger partial charge in [-0.2, -0.15) is 5.10 Å². The van der Waals surface area contributed by atoms with Crippen LogP contribution in [0, 0.1) is 19.7 Å². The number of benzene rings is 2. The highest BCUT2D eigenvalue weighted by Crippen LogP contribution is 2.19. The van der Waals surface area contributed by atoms with Crippen molar-refractivity contribution in [3.05, 3.63) is 82.9 Å². The molecule has 2 aromatic carbocycles. The number of nitrogens with one attached hydrogen (secondary N) is 1. The molecule has 130 valence electrons. The van der Waals surface area contributed by atoms with Crippen LogP contribution in [0.1, 0.15) is 35.4 Å². The zero-order valence-corrected chi connectivity index (χ0v) is 15.0. The van der Waals surface area contributed by atoms with E-state index in [2.05, 4.69) is 48.5 Å². The van der Waals surface area contributed by atoms with Gasteiger partial charge in [0.15, 0.2) is 0 Å². The Morgan fingerprint density at radius 1 is 1.04 bits per heavy atom. The minimum absolute atomic E-state index is 0.234. The predicted molar refractivity (Wildman–Crippen MR) is 99.6 cm³/mol. The summed E-state index contributed by atoms with van der Waals surface area (Å²) in [5, 5.41) is 8.16. The Morgan fingerprint density at radius 2 is 1.72 bits per heavy atom. The fourth-order valence-corrected chi connectivity index (χ4v) is 3.08. The van der Waals surface area contributed by atoms with Crippen molar-refractivity contribution in [1.29, 1.82) is 0 Å². The average Bonchev–Trinajstić information content (AvgIpc) is 2.91. The van der Waals surface area contributed by atoms with Gasteiger partial charge in [0.1, 0.15) is 5.82 Å². The van der Waals surface area contributed by atoms with Gasteiger partial charge in [0.05, 0.1) is 11.4 Å². The average molecular weight is 337 g/mol. The topological polar surface area (TPSA) is 29.9 Å². The Labute approximate surface area is 148 Å². The first-order valence-corrected chi connectivity index (χ1v) is 8.63. The number of aryl methyl sites for hydroxylation is 1. The predicted octanol–water partition coefficient (Wildman–Crippen LogP) is 4.52. The Bertz CT molecular complexity index is 822. The molecule has 0 fully saturated rings. The molecule has 0 aliphatic rings. The third kappa shape index (κ3) is 3.97. The van der Waals surface area contributed by atoms with E-state index in [0.717, 1.165) is 30.2 Å². The van der Waals surface area contributed by atoms with E-state index in [9.17, 15) is 4.39 Å². The molecule has 1 N–H and O–H groups in total. The van der Waals surface area contributed by atoms with E-state index >= 15 is 0 Å². The molecule has 0 saturated carbocycles. The first kappa shape index (κ1) is 17.4. The normalized spacial score (nSPS) is 12.3. The second-order valence-electron chi connectivity index (χ2n) is 6.48. The SMILES string of the molecule is Cc1nn(-c2ccc(F)cc2)c(C)c1CNC[C@H](C)c1ccccc1. The molecule has 3 rings (SSSR count). The molecule has 0 amide bonds. The number of hydrogen-bond acceptors (Lipinski definition) is 2. The first-order chi connectivity index (χ1) is 12.1. The van der Waals surface area contributed by atoms with Gasteiger partial charge in [-0.05, 0) is 49.6 Å². The summed E-state index contributed by atoms with van der Waals surface area (Å²) in [6, 6.07) is 17.0. The van der Waals surface area contributed by atoms with Crippen molar-refractivity contribution < 1.29 is 4.39 Å². The van der Waals surface area contributed by atoms with Gasteiger partial charge < -0.3 is 5.32 Å². The van der Waals surface area contributed by atoms with Gasteiger partial charge in [-0.1, -0.05) is 37.3 Å². The number of rotatable bonds is 6. The molecule has 0 bridgehead atoms. The molecule has 0 radical (unpaired) electrons. The Hall–Kier alpha value is -2.46. The van der Waals surface area contributed by atoms with E-state index in [4.69, 9.17) is 0 Å². The molecule has 0 aliphatic heterocycles. The van der Waals surface area contributed by atoms with E-state index in [1.165, 1.54) is 23.3 Å². The van der Waals surface area contributed by atoms with Crippen LogP contribution in [-0.2, 0) is 6.54 Å². The molecule has 3 aromatic rings. The quantitative estimate of drug-likeness (QED) is 0.716. The lowest BCUT2D eigenvalue weighted by Gasteiger charge is -2.13. The monoisotopic (exact) mass is 337 g/mol. The zero-order valence-electron chi connectivity index (χ0n) is 15.0. The van der Waals surface area contributed by atoms with Crippen LogP contribution in [0.25, 0.3) is 5.69 Å². The number of aromatic nitrogens is 2. The Balaban J connectivity index is 1.68. The van der Waals surface area contributed by atoms with Crippen molar-refractivity contribution in [3.63, 3.8) is 0 Å². The summed E-state index contributed by atoms with van der Waals surface area (Å²) in [4.78, 5) is 0. The molecule has 0 unspecified atom stereocenters. The summed E-state index contributed by atoms with van der Waals surface area (Å²) in [6.45, 7) is 7.98. The van der Waals surface area contributed by atoms with Crippen molar-refractivity contribution >= 4 is 0 Å². The van der Waals surface area contributed by atoms with Crippen molar-refractivity contribution in [3.8, 4) is 5.69 Å². The van der Waals surface area contributed by atoms with E-state index in [-0.39, 0.29) is 5.82 Å². The molecule has 1 aromatic heterocycles. The number of hydrogen-bond donors (Lipinski definition) is 1. The highest BCUT2D eigenvalue weighted by molar-refractivity contribution is 5.37. The summed E-state index contributed by atoms with van der Waals surface area (Å²) in [6.07, 6.45) is 0. The van der Waals surface area contributed by atoms with Crippen LogP contribution in [0.2, 0.25) is 0 Å². The molecule has 1 heterocycles. The highest BCUT2D eigenvalue weighted by Gasteiger charge is 2.13. The second-order valence-corrected chi connectivity index (χ2v) is 6.48. The minimum Gasteiger partial charge on any atom is -0.312 e. The van der Waals surface area contributed by atoms with Crippen molar-refractivity contribution in [2.75, 3.05) is 6.54 Å². The summed E-state index contributed by atoms with van der Waals surface area (Å²) >= 11 is 0. The van der Waals surface area contributed by atoms with Crippen LogP contribution in [0.5, 0.6) is 0 Å². The first-order valence-electron chi connectivity index (χ1n) is 8.63. The standard InChI is InChI=1S/C21H24FN3/c1-15(18-7-5-4-6-8-18)13-23-14-21-16(2)24-25(17(21)3)20-11-9-19(22)10-12-20/h4-12,15,23H,13-14H2,1-3H3/t15-/m0/s1. The summed E-state index contributed by atoms with van der Waals surface area (Å²) < 4.78 is 15.0. The maximum absolute atomic E-state index is 13.1. The summed E-state index contributed by atoms with van der Waals surface area (Å²) in [5.41, 5.74) is 5.51. The van der Waals surface area contributed by atoms with Crippen LogP contribution < -0.4 is 5.32 Å². The lowest BCUT2D eigenvalue weighted by Crippen LogP contribution is -2.20. The molecule has 0 spiro atoms. The van der Waals surface area contributed by atoms with Crippen LogP contribution in [0.3, 0.4) is 0 Å². The fourth-order valence-electron chi connectivity index (χ4n) is 3.08. The van der Waals surface area contributed by atoms with Crippen molar-refractivity contribution in [2.24, 2.45) is 0 Å². The highest BCUT2D eigenvalue weighted by atomic mass is 19.1. The van der Waals surface area contributed by atoms with Gasteiger partial charge in [-0.25, -0.2) is 9.07 Å². The third-order valence-corrected chi connectivity index (χ3v) is 4.63. The molecule has 3 nitrogen and oxygen atoms in total. The number of nitrogens with zero attached hydrogens (tertiary/aromatic N) is 2. The molecule has 4 heteroatoms. The molecule has 25 heavy (non-hydrogen) atoms. The van der Waals surface area contributed by atoms with Crippen LogP contribution in [-0.4, -0.2) is 16.3 Å². The van der Waals surface area contributed by atoms with Gasteiger partial charge in [-0.3, -0.25) is 0 Å². The fraction of sp³-hybridized carbons (Fsp3) is 0.286. The van der Waals surface area contributed by atoms with Crippen molar-refractivity contribution in [1.82, 2.24) is 15.1 Å². The van der Waals surface area contributed by atoms with E-state index in [0.29, 0.717) is 5.92 Å². The van der Waals surface area contributed by atoms with Gasteiger partial charge in [-0.15, -0.1) is 0 Å². The summed E-state index contributed by atoms with van der Waals surface area (Å²) in [7, 11) is 0. The maximum atomic E-state index is 13.1. The molecule has 0 aliphatic carbocycles. The van der Waals surface area contributed by atoms with Crippen molar-refractivity contribution in [2.45, 2.75) is 33.2 Å². The van der Waals surface area contributed by atoms with Gasteiger partial charge in [0.2, 0.25) is 0 Å². The molecule has 1 atom stereocenters. The van der Waals surface area contributed by atoms with Gasteiger partial charge in [0.25, 0.3) is 0 Å². The van der Waals surface area contributed by atoms with E-state index in [1.807, 2.05) is 17.7 Å². The maximum Gasteiger partial charge on any atom is 0.123 e. The lowest BCUT2D eigenvalue weighted by atomic mass is 10.0. The van der Waals surface area contributed by atoms with Gasteiger partial charge in [0, 0.05) is 24.3 Å².